The summed E-state index contributed by atoms with van der Waals surface area (Å²) in [4.78, 5) is 11.5. The molecule has 0 fully saturated rings. The van der Waals surface area contributed by atoms with E-state index in [0.717, 1.165) is 0 Å². The van der Waals surface area contributed by atoms with Crippen LogP contribution in [0.1, 0.15) is 10.4 Å². The van der Waals surface area contributed by atoms with E-state index in [0.29, 0.717) is 4.47 Å². The molecular weight excluding hydrogens is 320 g/mol. The van der Waals surface area contributed by atoms with Gasteiger partial charge in [-0.1, -0.05) is 15.9 Å². The van der Waals surface area contributed by atoms with Gasteiger partial charge in [-0.25, -0.2) is 8.78 Å². The number of nitrogens with two attached hydrogens (primary N) is 1. The second-order valence-corrected chi connectivity index (χ2v) is 4.43. The predicted molar refractivity (Wildman–Crippen MR) is 61.8 cm³/mol. The second-order valence-electron chi connectivity index (χ2n) is 3.52. The lowest BCUT2D eigenvalue weighted by Crippen LogP contribution is -2.41. The molecule has 0 spiro atoms. The number of nitrogens with one attached hydrogen (secondary N) is 1. The molecule has 1 rings (SSSR count). The van der Waals surface area contributed by atoms with E-state index in [1.54, 1.807) is 5.32 Å². The van der Waals surface area contributed by atoms with Gasteiger partial charge in [-0.15, -0.1) is 0 Å². The zero-order chi connectivity index (χ0) is 13.9. The summed E-state index contributed by atoms with van der Waals surface area (Å²) in [6, 6.07) is 4.09. The van der Waals surface area contributed by atoms with Gasteiger partial charge in [-0.3, -0.25) is 4.79 Å². The Balaban J connectivity index is 2.72. The topological polar surface area (TPSA) is 55.1 Å². The van der Waals surface area contributed by atoms with Crippen LogP contribution in [0.5, 0.6) is 0 Å². The Bertz CT molecular complexity index is 433. The fourth-order valence-corrected chi connectivity index (χ4v) is 1.63. The lowest BCUT2D eigenvalue weighted by atomic mass is 10.2. The van der Waals surface area contributed by atoms with Crippen molar-refractivity contribution in [1.29, 1.82) is 0 Å². The quantitative estimate of drug-likeness (QED) is 0.659. The van der Waals surface area contributed by atoms with Gasteiger partial charge in [0, 0.05) is 15.7 Å². The van der Waals surface area contributed by atoms with Crippen LogP contribution in [-0.4, -0.2) is 24.8 Å². The van der Waals surface area contributed by atoms with E-state index in [4.69, 9.17) is 5.73 Å². The summed E-state index contributed by atoms with van der Waals surface area (Å²) < 4.78 is 49.4. The van der Waals surface area contributed by atoms with Crippen LogP contribution in [0.3, 0.4) is 0 Å². The van der Waals surface area contributed by atoms with E-state index in [9.17, 15) is 22.4 Å². The molecule has 18 heavy (non-hydrogen) atoms. The predicted octanol–water partition coefficient (Wildman–Crippen LogP) is 2.66. The minimum atomic E-state index is -4.26. The molecule has 3 N–H and O–H groups in total. The maximum Gasteiger partial charge on any atom is 0.324 e. The zero-order valence-electron chi connectivity index (χ0n) is 8.89. The summed E-state index contributed by atoms with van der Waals surface area (Å²) in [6.07, 6.45) is -3.83. The van der Waals surface area contributed by atoms with Gasteiger partial charge in [-0.2, -0.15) is 8.78 Å². The molecule has 0 heterocycles. The van der Waals surface area contributed by atoms with Gasteiger partial charge in [-0.05, 0) is 18.2 Å². The van der Waals surface area contributed by atoms with Gasteiger partial charge in [0.2, 0.25) is 0 Å². The molecule has 100 valence electrons. The summed E-state index contributed by atoms with van der Waals surface area (Å²) in [6.45, 7) is -1.43. The highest BCUT2D eigenvalue weighted by Gasteiger charge is 2.40. The van der Waals surface area contributed by atoms with Gasteiger partial charge >= 0.3 is 12.3 Å². The van der Waals surface area contributed by atoms with Crippen LogP contribution in [0.4, 0.5) is 23.2 Å². The Labute approximate surface area is 108 Å². The van der Waals surface area contributed by atoms with Crippen LogP contribution in [-0.2, 0) is 0 Å². The van der Waals surface area contributed by atoms with Crippen molar-refractivity contribution in [2.75, 3.05) is 12.3 Å². The number of rotatable bonds is 4. The van der Waals surface area contributed by atoms with Crippen molar-refractivity contribution in [3.63, 3.8) is 0 Å². The molecule has 0 aliphatic carbocycles. The third-order valence-corrected chi connectivity index (χ3v) is 2.44. The molecule has 0 aliphatic rings. The Hall–Kier alpha value is -1.31. The van der Waals surface area contributed by atoms with E-state index in [2.05, 4.69) is 15.9 Å². The third kappa shape index (κ3) is 3.86. The van der Waals surface area contributed by atoms with Crippen LogP contribution in [0, 0.1) is 0 Å². The summed E-state index contributed by atoms with van der Waals surface area (Å²) in [5.74, 6) is -5.16. The fourth-order valence-electron chi connectivity index (χ4n) is 1.12. The van der Waals surface area contributed by atoms with E-state index in [-0.39, 0.29) is 11.3 Å². The Morgan fingerprint density at radius 3 is 2.50 bits per heavy atom. The van der Waals surface area contributed by atoms with Gasteiger partial charge < -0.3 is 11.1 Å². The largest absolute Gasteiger partial charge is 0.399 e. The fraction of sp³-hybridized carbons (Fsp3) is 0.300. The molecule has 0 bridgehead atoms. The Kier molecular flexibility index (Phi) is 4.55. The van der Waals surface area contributed by atoms with Crippen LogP contribution < -0.4 is 11.1 Å². The standard InChI is InChI=1S/C10H9BrF4N2O/c11-6-1-5(2-7(16)3-6)8(18)17-4-10(14,15)9(12)13/h1-3,9H,4,16H2,(H,17,18). The van der Waals surface area contributed by atoms with Gasteiger partial charge in [0.25, 0.3) is 5.91 Å². The minimum Gasteiger partial charge on any atom is -0.399 e. The van der Waals surface area contributed by atoms with Gasteiger partial charge in [0.15, 0.2) is 0 Å². The van der Waals surface area contributed by atoms with Crippen molar-refractivity contribution in [2.45, 2.75) is 12.3 Å². The summed E-state index contributed by atoms with van der Waals surface area (Å²) in [5.41, 5.74) is 5.70. The molecule has 0 radical (unpaired) electrons. The van der Waals surface area contributed by atoms with E-state index in [1.165, 1.54) is 18.2 Å². The Morgan fingerprint density at radius 2 is 2.00 bits per heavy atom. The highest BCUT2D eigenvalue weighted by molar-refractivity contribution is 9.10. The van der Waals surface area contributed by atoms with Crippen molar-refractivity contribution in [2.24, 2.45) is 0 Å². The first-order valence-corrected chi connectivity index (χ1v) is 5.52. The first kappa shape index (κ1) is 14.7. The number of hydrogen-bond donors (Lipinski definition) is 2. The van der Waals surface area contributed by atoms with E-state index >= 15 is 0 Å². The third-order valence-electron chi connectivity index (χ3n) is 1.99. The molecule has 1 aromatic carbocycles. The lowest BCUT2D eigenvalue weighted by Gasteiger charge is -2.15. The summed E-state index contributed by atoms with van der Waals surface area (Å²) >= 11 is 3.07. The Morgan fingerprint density at radius 1 is 1.39 bits per heavy atom. The van der Waals surface area contributed by atoms with Gasteiger partial charge in [0.1, 0.15) is 0 Å². The molecule has 0 aliphatic heterocycles. The van der Waals surface area contributed by atoms with Gasteiger partial charge in [0.05, 0.1) is 6.54 Å². The van der Waals surface area contributed by atoms with Crippen LogP contribution >= 0.6 is 15.9 Å². The van der Waals surface area contributed by atoms with Crippen LogP contribution in [0.25, 0.3) is 0 Å². The molecule has 0 saturated heterocycles. The van der Waals surface area contributed by atoms with Crippen LogP contribution in [0.2, 0.25) is 0 Å². The molecule has 0 atom stereocenters. The first-order valence-electron chi connectivity index (χ1n) is 4.72. The smallest absolute Gasteiger partial charge is 0.324 e. The summed E-state index contributed by atoms with van der Waals surface area (Å²) in [5, 5.41) is 1.73. The molecule has 0 aromatic heterocycles. The highest BCUT2D eigenvalue weighted by Crippen LogP contribution is 2.22. The molecule has 8 heteroatoms. The van der Waals surface area contributed by atoms with E-state index in [1.807, 2.05) is 0 Å². The molecule has 1 amide bonds. The first-order chi connectivity index (χ1) is 8.22. The van der Waals surface area contributed by atoms with Crippen molar-refractivity contribution in [3.05, 3.63) is 28.2 Å². The maximum absolute atomic E-state index is 12.6. The second kappa shape index (κ2) is 5.55. The summed E-state index contributed by atoms with van der Waals surface area (Å²) in [7, 11) is 0. The monoisotopic (exact) mass is 328 g/mol. The number of benzene rings is 1. The molecular formula is C10H9BrF4N2O. The maximum atomic E-state index is 12.6. The minimum absolute atomic E-state index is 0.00643. The number of hydrogen-bond acceptors (Lipinski definition) is 2. The molecule has 1 aromatic rings. The average Bonchev–Trinajstić information content (AvgIpc) is 2.24. The number of alkyl halides is 4. The number of carbonyl (C=O) groups is 1. The SMILES string of the molecule is Nc1cc(Br)cc(C(=O)NCC(F)(F)C(F)F)c1. The van der Waals surface area contributed by atoms with Crippen molar-refractivity contribution >= 4 is 27.5 Å². The normalized spacial score (nSPS) is 11.7. The number of halogens is 5. The lowest BCUT2D eigenvalue weighted by molar-refractivity contribution is -0.123. The molecule has 0 unspecified atom stereocenters. The zero-order valence-corrected chi connectivity index (χ0v) is 10.5. The van der Waals surface area contributed by atoms with E-state index < -0.39 is 24.8 Å². The highest BCUT2D eigenvalue weighted by atomic mass is 79.9. The van der Waals surface area contributed by atoms with Crippen LogP contribution in [0.15, 0.2) is 22.7 Å². The van der Waals surface area contributed by atoms with Crippen molar-refractivity contribution in [3.8, 4) is 0 Å². The van der Waals surface area contributed by atoms with Crippen molar-refractivity contribution in [1.82, 2.24) is 5.32 Å². The molecule has 0 saturated carbocycles. The van der Waals surface area contributed by atoms with Crippen molar-refractivity contribution < 1.29 is 22.4 Å². The average molecular weight is 329 g/mol. The number of nitrogen functional groups attached to an aromatic ring is 1. The number of anilines is 1. The number of carbonyl (C=O) groups excluding carboxylic acids is 1. The number of amides is 1. The molecule has 3 nitrogen and oxygen atoms in total.